The van der Waals surface area contributed by atoms with Gasteiger partial charge in [-0.25, -0.2) is 8.42 Å². The SMILES string of the molecule is Cc1ccc(S(=O)(=O)N2C[C@@H](C(=O)NC(C)(C)CC(C)(C)C)Oc3ccc(C(C)(C)C)cc32)cc1. The van der Waals surface area contributed by atoms with Crippen LogP contribution in [0.25, 0.3) is 0 Å². The van der Waals surface area contributed by atoms with Gasteiger partial charge in [-0.15, -0.1) is 0 Å². The van der Waals surface area contributed by atoms with E-state index >= 15 is 0 Å². The predicted octanol–water partition coefficient (Wildman–Crippen LogP) is 5.58. The molecular formula is C28H40N2O4S. The molecule has 1 aliphatic rings. The van der Waals surface area contributed by atoms with Gasteiger partial charge in [0.15, 0.2) is 6.10 Å². The van der Waals surface area contributed by atoms with Crippen molar-refractivity contribution in [1.29, 1.82) is 0 Å². The van der Waals surface area contributed by atoms with Gasteiger partial charge < -0.3 is 10.1 Å². The lowest BCUT2D eigenvalue weighted by Gasteiger charge is -2.38. The zero-order chi connectivity index (χ0) is 26.4. The summed E-state index contributed by atoms with van der Waals surface area (Å²) in [6.07, 6.45) is -0.211. The molecule has 0 unspecified atom stereocenters. The number of hydrogen-bond donors (Lipinski definition) is 1. The Labute approximate surface area is 211 Å². The highest BCUT2D eigenvalue weighted by molar-refractivity contribution is 7.92. The highest BCUT2D eigenvalue weighted by Crippen LogP contribution is 2.40. The third-order valence-corrected chi connectivity index (χ3v) is 7.82. The Bertz CT molecular complexity index is 1190. The Morgan fingerprint density at radius 1 is 1.00 bits per heavy atom. The summed E-state index contributed by atoms with van der Waals surface area (Å²) in [6, 6.07) is 12.3. The molecule has 1 atom stereocenters. The number of carbonyl (C=O) groups is 1. The molecule has 0 saturated heterocycles. The van der Waals surface area contributed by atoms with Gasteiger partial charge in [0.05, 0.1) is 17.1 Å². The molecule has 0 fully saturated rings. The number of anilines is 1. The van der Waals surface area contributed by atoms with Gasteiger partial charge in [-0.3, -0.25) is 9.10 Å². The van der Waals surface area contributed by atoms with Crippen molar-refractivity contribution in [1.82, 2.24) is 5.32 Å². The molecule has 7 heteroatoms. The Morgan fingerprint density at radius 2 is 1.60 bits per heavy atom. The fourth-order valence-electron chi connectivity index (χ4n) is 4.70. The first kappa shape index (κ1) is 27.1. The second kappa shape index (κ2) is 9.16. The van der Waals surface area contributed by atoms with Crippen molar-refractivity contribution in [2.24, 2.45) is 5.41 Å². The molecule has 35 heavy (non-hydrogen) atoms. The second-order valence-electron chi connectivity index (χ2n) is 12.5. The van der Waals surface area contributed by atoms with E-state index in [9.17, 15) is 13.2 Å². The summed E-state index contributed by atoms with van der Waals surface area (Å²) in [5.41, 5.74) is 1.77. The predicted molar refractivity (Wildman–Crippen MR) is 142 cm³/mol. The van der Waals surface area contributed by atoms with Crippen LogP contribution in [0.4, 0.5) is 5.69 Å². The van der Waals surface area contributed by atoms with Crippen molar-refractivity contribution < 1.29 is 17.9 Å². The van der Waals surface area contributed by atoms with E-state index in [0.29, 0.717) is 11.4 Å². The minimum Gasteiger partial charge on any atom is -0.476 e. The van der Waals surface area contributed by atoms with Gasteiger partial charge >= 0.3 is 0 Å². The maximum absolute atomic E-state index is 13.8. The van der Waals surface area contributed by atoms with Crippen LogP contribution in [0.15, 0.2) is 47.4 Å². The molecule has 0 radical (unpaired) electrons. The normalized spacial score (nSPS) is 16.9. The smallest absolute Gasteiger partial charge is 0.264 e. The number of aryl methyl sites for hydroxylation is 1. The minimum atomic E-state index is -3.92. The van der Waals surface area contributed by atoms with E-state index in [1.807, 2.05) is 32.9 Å². The minimum absolute atomic E-state index is 0.0149. The molecule has 0 saturated carbocycles. The molecule has 3 rings (SSSR count). The van der Waals surface area contributed by atoms with Gasteiger partial charge in [0.1, 0.15) is 5.75 Å². The monoisotopic (exact) mass is 500 g/mol. The molecule has 1 aliphatic heterocycles. The van der Waals surface area contributed by atoms with E-state index in [2.05, 4.69) is 46.9 Å². The molecule has 0 spiro atoms. The number of nitrogens with one attached hydrogen (secondary N) is 1. The van der Waals surface area contributed by atoms with Crippen LogP contribution in [0.2, 0.25) is 0 Å². The lowest BCUT2D eigenvalue weighted by Crippen LogP contribution is -2.55. The fraction of sp³-hybridized carbons (Fsp3) is 0.536. The molecule has 1 heterocycles. The summed E-state index contributed by atoms with van der Waals surface area (Å²) in [7, 11) is -3.92. The molecule has 2 aromatic carbocycles. The number of hydrogen-bond acceptors (Lipinski definition) is 4. The van der Waals surface area contributed by atoms with Gasteiger partial charge in [0.25, 0.3) is 15.9 Å². The van der Waals surface area contributed by atoms with E-state index in [4.69, 9.17) is 4.74 Å². The number of nitrogens with zero attached hydrogens (tertiary/aromatic N) is 1. The number of sulfonamides is 1. The molecule has 0 bridgehead atoms. The van der Waals surface area contributed by atoms with Gasteiger partial charge in [0, 0.05) is 5.54 Å². The van der Waals surface area contributed by atoms with Gasteiger partial charge in [-0.05, 0) is 67.9 Å². The van der Waals surface area contributed by atoms with Crippen LogP contribution in [-0.4, -0.2) is 32.5 Å². The van der Waals surface area contributed by atoms with Crippen LogP contribution in [-0.2, 0) is 20.2 Å². The van der Waals surface area contributed by atoms with Crippen molar-refractivity contribution in [3.05, 3.63) is 53.6 Å². The largest absolute Gasteiger partial charge is 0.476 e. The van der Waals surface area contributed by atoms with Crippen molar-refractivity contribution >= 4 is 21.6 Å². The zero-order valence-electron chi connectivity index (χ0n) is 22.5. The van der Waals surface area contributed by atoms with Crippen molar-refractivity contribution in [3.63, 3.8) is 0 Å². The average molecular weight is 501 g/mol. The molecule has 6 nitrogen and oxygen atoms in total. The molecular weight excluding hydrogens is 460 g/mol. The fourth-order valence-corrected chi connectivity index (χ4v) is 6.17. The molecule has 192 valence electrons. The maximum Gasteiger partial charge on any atom is 0.264 e. The van der Waals surface area contributed by atoms with E-state index < -0.39 is 21.7 Å². The lowest BCUT2D eigenvalue weighted by atomic mass is 9.81. The Kier molecular flexibility index (Phi) is 7.08. The first-order valence-corrected chi connectivity index (χ1v) is 13.6. The van der Waals surface area contributed by atoms with Gasteiger partial charge in [-0.1, -0.05) is 65.3 Å². The molecule has 0 aromatic heterocycles. The number of amides is 1. The quantitative estimate of drug-likeness (QED) is 0.582. The number of rotatable bonds is 5. The number of fused-ring (bicyclic) bond motifs is 1. The molecule has 0 aliphatic carbocycles. The van der Waals surface area contributed by atoms with E-state index in [1.54, 1.807) is 30.3 Å². The maximum atomic E-state index is 13.8. The molecule has 1 amide bonds. The first-order chi connectivity index (χ1) is 15.9. The number of ether oxygens (including phenoxy) is 1. The van der Waals surface area contributed by atoms with E-state index in [1.165, 1.54) is 4.31 Å². The van der Waals surface area contributed by atoms with Crippen molar-refractivity contribution in [2.45, 2.75) is 90.7 Å². The summed E-state index contributed by atoms with van der Waals surface area (Å²) in [6.45, 7) is 18.3. The van der Waals surface area contributed by atoms with Crippen molar-refractivity contribution in [2.75, 3.05) is 10.8 Å². The van der Waals surface area contributed by atoms with E-state index in [0.717, 1.165) is 17.5 Å². The Balaban J connectivity index is 2.03. The standard InChI is InChI=1S/C28H40N2O4S/c1-19-10-13-21(14-11-19)35(32,33)30-17-24(25(31)29-28(8,9)18-26(2,3)4)34-23-15-12-20(16-22(23)30)27(5,6)7/h10-16,24H,17-18H2,1-9H3,(H,29,31)/t24-/m0/s1. The van der Waals surface area contributed by atoms with Crippen molar-refractivity contribution in [3.8, 4) is 5.75 Å². The van der Waals surface area contributed by atoms with Gasteiger partial charge in [0.2, 0.25) is 0 Å². The summed E-state index contributed by atoms with van der Waals surface area (Å²) in [4.78, 5) is 13.5. The summed E-state index contributed by atoms with van der Waals surface area (Å²) in [5, 5.41) is 3.08. The van der Waals surface area contributed by atoms with Crippen LogP contribution >= 0.6 is 0 Å². The topological polar surface area (TPSA) is 75.7 Å². The molecule has 1 N–H and O–H groups in total. The first-order valence-electron chi connectivity index (χ1n) is 12.1. The highest BCUT2D eigenvalue weighted by atomic mass is 32.2. The van der Waals surface area contributed by atoms with Crippen LogP contribution < -0.4 is 14.4 Å². The Morgan fingerprint density at radius 3 is 2.14 bits per heavy atom. The van der Waals surface area contributed by atoms with E-state index in [-0.39, 0.29) is 28.2 Å². The summed E-state index contributed by atoms with van der Waals surface area (Å²) in [5.74, 6) is 0.0580. The number of carbonyl (C=O) groups excluding carboxylic acids is 1. The van der Waals surface area contributed by atoms with Crippen LogP contribution in [0.1, 0.15) is 72.9 Å². The molecule has 2 aromatic rings. The van der Waals surface area contributed by atoms with Crippen LogP contribution in [0, 0.1) is 12.3 Å². The third kappa shape index (κ3) is 6.37. The van der Waals surface area contributed by atoms with Gasteiger partial charge in [-0.2, -0.15) is 0 Å². The lowest BCUT2D eigenvalue weighted by molar-refractivity contribution is -0.129. The number of benzene rings is 2. The summed E-state index contributed by atoms with van der Waals surface area (Å²) < 4.78 is 35.0. The second-order valence-corrected chi connectivity index (χ2v) is 14.4. The third-order valence-electron chi connectivity index (χ3n) is 6.03. The Hall–Kier alpha value is -2.54. The zero-order valence-corrected chi connectivity index (χ0v) is 23.3. The van der Waals surface area contributed by atoms with Crippen LogP contribution in [0.5, 0.6) is 5.75 Å². The highest BCUT2D eigenvalue weighted by Gasteiger charge is 2.40. The average Bonchev–Trinajstić information content (AvgIpc) is 2.69. The van der Waals surface area contributed by atoms with Crippen LogP contribution in [0.3, 0.4) is 0 Å². The summed E-state index contributed by atoms with van der Waals surface area (Å²) >= 11 is 0.